The molecule has 0 radical (unpaired) electrons. The Hall–Kier alpha value is -2.51. The van der Waals surface area contributed by atoms with E-state index in [1.807, 2.05) is 6.92 Å². The second-order valence-corrected chi connectivity index (χ2v) is 3.82. The van der Waals surface area contributed by atoms with Crippen molar-refractivity contribution in [1.29, 1.82) is 0 Å². The molecule has 0 saturated carbocycles. The van der Waals surface area contributed by atoms with E-state index >= 15 is 0 Å². The monoisotopic (exact) mass is 266 g/mol. The van der Waals surface area contributed by atoms with Gasteiger partial charge < -0.3 is 15.4 Å². The first-order valence-electron chi connectivity index (χ1n) is 5.66. The van der Waals surface area contributed by atoms with Crippen molar-refractivity contribution in [2.24, 2.45) is 0 Å². The number of hydrogen-bond donors (Lipinski definition) is 2. The van der Waals surface area contributed by atoms with Gasteiger partial charge in [-0.3, -0.25) is 10.1 Å². The minimum absolute atomic E-state index is 0.0193. The molecule has 19 heavy (non-hydrogen) atoms. The van der Waals surface area contributed by atoms with Crippen molar-refractivity contribution in [2.75, 3.05) is 6.54 Å². The summed E-state index contributed by atoms with van der Waals surface area (Å²) in [5.74, 6) is -1.14. The molecule has 1 aromatic rings. The number of urea groups is 1. The lowest BCUT2D eigenvalue weighted by atomic mass is 10.2. The van der Waals surface area contributed by atoms with Gasteiger partial charge in [0.1, 0.15) is 0 Å². The minimum atomic E-state index is -0.706. The van der Waals surface area contributed by atoms with Crippen LogP contribution < -0.4 is 10.6 Å². The Morgan fingerprint density at radius 2 is 2.11 bits per heavy atom. The van der Waals surface area contributed by atoms with Crippen molar-refractivity contribution in [3.63, 3.8) is 0 Å². The van der Waals surface area contributed by atoms with Crippen LogP contribution in [0.4, 0.5) is 10.6 Å². The summed E-state index contributed by atoms with van der Waals surface area (Å²) in [6.45, 7) is 3.84. The lowest BCUT2D eigenvalue weighted by molar-refractivity contribution is -0.389. The number of pyridine rings is 1. The van der Waals surface area contributed by atoms with Crippen molar-refractivity contribution in [3.05, 3.63) is 33.5 Å². The van der Waals surface area contributed by atoms with Gasteiger partial charge in [-0.15, -0.1) is 0 Å². The van der Waals surface area contributed by atoms with E-state index in [1.165, 1.54) is 13.0 Å². The van der Waals surface area contributed by atoms with Crippen LogP contribution in [0.3, 0.4) is 0 Å². The van der Waals surface area contributed by atoms with E-state index in [9.17, 15) is 19.7 Å². The zero-order chi connectivity index (χ0) is 14.4. The molecule has 1 heterocycles. The van der Waals surface area contributed by atoms with Gasteiger partial charge in [0.15, 0.2) is 5.69 Å². The van der Waals surface area contributed by atoms with Crippen LogP contribution in [0.15, 0.2) is 12.1 Å². The van der Waals surface area contributed by atoms with Crippen LogP contribution in [0, 0.1) is 17.0 Å². The molecule has 2 N–H and O–H groups in total. The Labute approximate surface area is 109 Å². The lowest BCUT2D eigenvalue weighted by Gasteiger charge is -2.05. The summed E-state index contributed by atoms with van der Waals surface area (Å²) in [6.07, 6.45) is 0.738. The number of nitrogens with zero attached hydrogens (tertiary/aromatic N) is 2. The number of aromatic nitrogens is 1. The Kier molecular flexibility index (Phi) is 4.92. The van der Waals surface area contributed by atoms with Crippen molar-refractivity contribution < 1.29 is 14.5 Å². The van der Waals surface area contributed by atoms with Gasteiger partial charge in [-0.05, 0) is 22.4 Å². The van der Waals surface area contributed by atoms with Crippen LogP contribution in [-0.4, -0.2) is 28.4 Å². The summed E-state index contributed by atoms with van der Waals surface area (Å²) in [7, 11) is 0. The summed E-state index contributed by atoms with van der Waals surface area (Å²) < 4.78 is 0. The molecule has 0 aliphatic carbocycles. The molecule has 3 amide bonds. The second-order valence-electron chi connectivity index (χ2n) is 3.82. The fourth-order valence-corrected chi connectivity index (χ4v) is 1.33. The zero-order valence-corrected chi connectivity index (χ0v) is 10.6. The largest absolute Gasteiger partial charge is 0.364 e. The number of hydrogen-bond acceptors (Lipinski definition) is 5. The first kappa shape index (κ1) is 14.6. The normalized spacial score (nSPS) is 9.79. The Morgan fingerprint density at radius 3 is 2.68 bits per heavy atom. The maximum Gasteiger partial charge on any atom is 0.364 e. The van der Waals surface area contributed by atoms with Crippen LogP contribution in [-0.2, 0) is 0 Å². The van der Waals surface area contributed by atoms with Gasteiger partial charge in [0.05, 0.1) is 5.56 Å². The van der Waals surface area contributed by atoms with Gasteiger partial charge >= 0.3 is 11.8 Å². The summed E-state index contributed by atoms with van der Waals surface area (Å²) in [5.41, 5.74) is 0.346. The van der Waals surface area contributed by atoms with Gasteiger partial charge in [0.25, 0.3) is 5.91 Å². The van der Waals surface area contributed by atoms with Crippen LogP contribution in [0.1, 0.15) is 29.4 Å². The van der Waals surface area contributed by atoms with E-state index in [0.717, 1.165) is 12.5 Å². The molecule has 8 nitrogen and oxygen atoms in total. The predicted molar refractivity (Wildman–Crippen MR) is 66.8 cm³/mol. The molecular formula is C11H14N4O4. The highest BCUT2D eigenvalue weighted by atomic mass is 16.6. The molecule has 8 heteroatoms. The lowest BCUT2D eigenvalue weighted by Crippen LogP contribution is -2.39. The van der Waals surface area contributed by atoms with E-state index in [-0.39, 0.29) is 5.56 Å². The number of aryl methyl sites for hydroxylation is 1. The molecule has 0 bridgehead atoms. The third-order valence-corrected chi connectivity index (χ3v) is 2.15. The molecule has 0 saturated heterocycles. The molecule has 0 aliphatic heterocycles. The standard InChI is InChI=1S/C11H14N4O4/c1-3-4-12-11(17)14-10(16)8-5-7(2)13-9(6-8)15(18)19/h5-6H,3-4H2,1-2H3,(H2,12,14,16,17). The molecule has 0 spiro atoms. The smallest absolute Gasteiger partial charge is 0.358 e. The van der Waals surface area contributed by atoms with E-state index in [0.29, 0.717) is 12.2 Å². The fraction of sp³-hybridized carbons (Fsp3) is 0.364. The number of nitro groups is 1. The zero-order valence-electron chi connectivity index (χ0n) is 10.6. The highest BCUT2D eigenvalue weighted by Crippen LogP contribution is 2.12. The SMILES string of the molecule is CCCNC(=O)NC(=O)c1cc(C)nc([N+](=O)[O-])c1. The topological polar surface area (TPSA) is 114 Å². The number of rotatable bonds is 4. The first-order valence-corrected chi connectivity index (χ1v) is 5.66. The van der Waals surface area contributed by atoms with Gasteiger partial charge in [0, 0.05) is 19.5 Å². The van der Waals surface area contributed by atoms with Crippen LogP contribution in [0.2, 0.25) is 0 Å². The number of imide groups is 1. The first-order chi connectivity index (χ1) is 8.93. The summed E-state index contributed by atoms with van der Waals surface area (Å²) >= 11 is 0. The average Bonchev–Trinajstić information content (AvgIpc) is 2.35. The Bertz CT molecular complexity index is 515. The van der Waals surface area contributed by atoms with Crippen LogP contribution in [0.5, 0.6) is 0 Å². The van der Waals surface area contributed by atoms with E-state index in [1.54, 1.807) is 0 Å². The van der Waals surface area contributed by atoms with E-state index in [4.69, 9.17) is 0 Å². The van der Waals surface area contributed by atoms with Crippen molar-refractivity contribution in [1.82, 2.24) is 15.6 Å². The second kappa shape index (κ2) is 6.43. The predicted octanol–water partition coefficient (Wildman–Crippen LogP) is 1.15. The maximum absolute atomic E-state index is 11.7. The van der Waals surface area contributed by atoms with E-state index in [2.05, 4.69) is 15.6 Å². The average molecular weight is 266 g/mol. The summed E-state index contributed by atoms with van der Waals surface area (Å²) in [5, 5.41) is 15.2. The number of carbonyl (C=O) groups is 2. The third kappa shape index (κ3) is 4.34. The van der Waals surface area contributed by atoms with Crippen molar-refractivity contribution in [3.8, 4) is 0 Å². The third-order valence-electron chi connectivity index (χ3n) is 2.15. The summed E-state index contributed by atoms with van der Waals surface area (Å²) in [6, 6.07) is 1.76. The molecular weight excluding hydrogens is 252 g/mol. The Morgan fingerprint density at radius 1 is 1.42 bits per heavy atom. The molecule has 0 atom stereocenters. The van der Waals surface area contributed by atoms with E-state index < -0.39 is 22.7 Å². The number of carbonyl (C=O) groups excluding carboxylic acids is 2. The summed E-state index contributed by atoms with van der Waals surface area (Å²) in [4.78, 5) is 36.6. The van der Waals surface area contributed by atoms with Gasteiger partial charge in [-0.2, -0.15) is 0 Å². The molecule has 0 unspecified atom stereocenters. The van der Waals surface area contributed by atoms with Crippen LogP contribution >= 0.6 is 0 Å². The minimum Gasteiger partial charge on any atom is -0.358 e. The molecule has 0 aromatic carbocycles. The molecule has 1 rings (SSSR count). The quantitative estimate of drug-likeness (QED) is 0.626. The Balaban J connectivity index is 2.82. The van der Waals surface area contributed by atoms with Gasteiger partial charge in [-0.1, -0.05) is 6.92 Å². The molecule has 0 fully saturated rings. The maximum atomic E-state index is 11.7. The molecule has 1 aromatic heterocycles. The van der Waals surface area contributed by atoms with Crippen LogP contribution in [0.25, 0.3) is 0 Å². The van der Waals surface area contributed by atoms with Gasteiger partial charge in [0.2, 0.25) is 0 Å². The number of amides is 3. The molecule has 102 valence electrons. The number of nitrogens with one attached hydrogen (secondary N) is 2. The highest BCUT2D eigenvalue weighted by Gasteiger charge is 2.17. The van der Waals surface area contributed by atoms with Crippen molar-refractivity contribution >= 4 is 17.8 Å². The van der Waals surface area contributed by atoms with Crippen molar-refractivity contribution in [2.45, 2.75) is 20.3 Å². The fourth-order valence-electron chi connectivity index (χ4n) is 1.33. The molecule has 0 aliphatic rings. The van der Waals surface area contributed by atoms with Gasteiger partial charge in [-0.25, -0.2) is 4.79 Å². The highest BCUT2D eigenvalue weighted by molar-refractivity contribution is 6.04.